The fourth-order valence-corrected chi connectivity index (χ4v) is 1.38. The lowest BCUT2D eigenvalue weighted by Crippen LogP contribution is -2.25. The van der Waals surface area contributed by atoms with Gasteiger partial charge in [-0.1, -0.05) is 6.07 Å². The van der Waals surface area contributed by atoms with Crippen LogP contribution in [0.5, 0.6) is 5.75 Å². The second kappa shape index (κ2) is 4.88. The molecule has 0 amide bonds. The van der Waals surface area contributed by atoms with Crippen molar-refractivity contribution in [2.24, 2.45) is 0 Å². The molecule has 0 heterocycles. The highest BCUT2D eigenvalue weighted by Gasteiger charge is 2.16. The highest BCUT2D eigenvalue weighted by Crippen LogP contribution is 2.25. The summed E-state index contributed by atoms with van der Waals surface area (Å²) in [7, 11) is 1.33. The van der Waals surface area contributed by atoms with Crippen LogP contribution >= 0.6 is 0 Å². The van der Waals surface area contributed by atoms with Crippen molar-refractivity contribution in [2.75, 3.05) is 12.8 Å². The molecule has 0 aliphatic rings. The number of methoxy groups -OCH3 is 1. The van der Waals surface area contributed by atoms with Crippen molar-refractivity contribution in [1.82, 2.24) is 0 Å². The molecule has 1 atom stereocenters. The van der Waals surface area contributed by atoms with E-state index in [0.29, 0.717) is 11.4 Å². The second-order valence-corrected chi connectivity index (χ2v) is 3.76. The quantitative estimate of drug-likeness (QED) is 0.627. The number of aryl methyl sites for hydroxylation is 2. The van der Waals surface area contributed by atoms with Crippen molar-refractivity contribution in [3.63, 3.8) is 0 Å². The number of hydrogen-bond donors (Lipinski definition) is 1. The van der Waals surface area contributed by atoms with E-state index in [1.54, 1.807) is 13.0 Å². The van der Waals surface area contributed by atoms with Gasteiger partial charge in [-0.2, -0.15) is 0 Å². The summed E-state index contributed by atoms with van der Waals surface area (Å²) in [4.78, 5) is 11.2. The molecule has 4 nitrogen and oxygen atoms in total. The van der Waals surface area contributed by atoms with E-state index in [0.717, 1.165) is 11.1 Å². The van der Waals surface area contributed by atoms with Gasteiger partial charge in [0.05, 0.1) is 7.11 Å². The molecule has 1 aromatic carbocycles. The summed E-state index contributed by atoms with van der Waals surface area (Å²) in [5, 5.41) is 0. The molecule has 1 aromatic rings. The van der Waals surface area contributed by atoms with Crippen LogP contribution < -0.4 is 10.5 Å². The molecule has 0 bridgehead atoms. The lowest BCUT2D eigenvalue weighted by atomic mass is 10.1. The summed E-state index contributed by atoms with van der Waals surface area (Å²) in [5.41, 5.74) is 8.37. The molecular weight excluding hydrogens is 206 g/mol. The number of benzene rings is 1. The molecule has 0 spiro atoms. The number of nitrogen functional groups attached to an aromatic ring is 1. The van der Waals surface area contributed by atoms with Crippen molar-refractivity contribution in [3.8, 4) is 5.75 Å². The van der Waals surface area contributed by atoms with Gasteiger partial charge in [0.1, 0.15) is 5.75 Å². The first-order chi connectivity index (χ1) is 7.45. The second-order valence-electron chi connectivity index (χ2n) is 3.76. The first kappa shape index (κ1) is 12.4. The Balaban J connectivity index is 2.89. The Hall–Kier alpha value is -1.71. The third-order valence-electron chi connectivity index (χ3n) is 2.40. The Morgan fingerprint density at radius 2 is 1.94 bits per heavy atom. The minimum atomic E-state index is -0.634. The monoisotopic (exact) mass is 223 g/mol. The maximum Gasteiger partial charge on any atom is 0.346 e. The molecule has 0 saturated carbocycles. The number of esters is 1. The minimum absolute atomic E-state index is 0.404. The average Bonchev–Trinajstić information content (AvgIpc) is 2.24. The number of nitrogens with two attached hydrogens (primary N) is 1. The van der Waals surface area contributed by atoms with Gasteiger partial charge in [-0.25, -0.2) is 4.79 Å². The van der Waals surface area contributed by atoms with Crippen LogP contribution in [0.15, 0.2) is 12.1 Å². The third kappa shape index (κ3) is 2.66. The largest absolute Gasteiger partial charge is 0.479 e. The predicted octanol–water partition coefficient (Wildman–Crippen LogP) is 1.83. The van der Waals surface area contributed by atoms with Crippen LogP contribution in [0.25, 0.3) is 0 Å². The predicted molar refractivity (Wildman–Crippen MR) is 62.4 cm³/mol. The fraction of sp³-hybridized carbons (Fsp3) is 0.417. The Bertz CT molecular complexity index is 401. The van der Waals surface area contributed by atoms with E-state index in [-0.39, 0.29) is 0 Å². The fourth-order valence-electron chi connectivity index (χ4n) is 1.38. The van der Waals surface area contributed by atoms with E-state index in [2.05, 4.69) is 4.74 Å². The lowest BCUT2D eigenvalue weighted by Gasteiger charge is -2.15. The van der Waals surface area contributed by atoms with Gasteiger partial charge >= 0.3 is 5.97 Å². The van der Waals surface area contributed by atoms with Gasteiger partial charge in [0.25, 0.3) is 0 Å². The zero-order valence-corrected chi connectivity index (χ0v) is 10.0. The zero-order valence-electron chi connectivity index (χ0n) is 10.0. The molecule has 0 radical (unpaired) electrons. The number of carbonyl (C=O) groups is 1. The summed E-state index contributed by atoms with van der Waals surface area (Å²) in [6.45, 7) is 5.48. The molecular formula is C12H17NO3. The highest BCUT2D eigenvalue weighted by molar-refractivity contribution is 5.74. The average molecular weight is 223 g/mol. The van der Waals surface area contributed by atoms with Gasteiger partial charge in [-0.15, -0.1) is 0 Å². The Morgan fingerprint density at radius 1 is 1.31 bits per heavy atom. The summed E-state index contributed by atoms with van der Waals surface area (Å²) >= 11 is 0. The van der Waals surface area contributed by atoms with Crippen LogP contribution in [0.1, 0.15) is 18.1 Å². The van der Waals surface area contributed by atoms with E-state index in [1.165, 1.54) is 7.11 Å². The molecule has 1 rings (SSSR count). The summed E-state index contributed by atoms with van der Waals surface area (Å²) in [5.74, 6) is 0.208. The van der Waals surface area contributed by atoms with Gasteiger partial charge in [0, 0.05) is 11.8 Å². The molecule has 4 heteroatoms. The van der Waals surface area contributed by atoms with Crippen LogP contribution in [0.4, 0.5) is 5.69 Å². The van der Waals surface area contributed by atoms with Crippen LogP contribution in [0, 0.1) is 13.8 Å². The van der Waals surface area contributed by atoms with E-state index < -0.39 is 12.1 Å². The normalized spacial score (nSPS) is 12.0. The van der Waals surface area contributed by atoms with Gasteiger partial charge in [0.15, 0.2) is 6.10 Å². The Kier molecular flexibility index (Phi) is 3.77. The van der Waals surface area contributed by atoms with Crippen molar-refractivity contribution in [1.29, 1.82) is 0 Å². The van der Waals surface area contributed by atoms with Crippen LogP contribution in [0.3, 0.4) is 0 Å². The van der Waals surface area contributed by atoms with Gasteiger partial charge in [-0.05, 0) is 31.9 Å². The lowest BCUT2D eigenvalue weighted by molar-refractivity contribution is -0.147. The number of hydrogen-bond acceptors (Lipinski definition) is 4. The van der Waals surface area contributed by atoms with E-state index in [9.17, 15) is 4.79 Å². The number of rotatable bonds is 3. The molecule has 88 valence electrons. The van der Waals surface area contributed by atoms with E-state index in [1.807, 2.05) is 19.9 Å². The van der Waals surface area contributed by atoms with Gasteiger partial charge in [-0.3, -0.25) is 0 Å². The topological polar surface area (TPSA) is 61.5 Å². The summed E-state index contributed by atoms with van der Waals surface area (Å²) in [6, 6.07) is 3.65. The first-order valence-corrected chi connectivity index (χ1v) is 5.07. The molecule has 16 heavy (non-hydrogen) atoms. The minimum Gasteiger partial charge on any atom is -0.479 e. The molecule has 0 aliphatic carbocycles. The van der Waals surface area contributed by atoms with Gasteiger partial charge in [0.2, 0.25) is 0 Å². The van der Waals surface area contributed by atoms with Crippen LogP contribution in [-0.4, -0.2) is 19.2 Å². The summed E-state index contributed by atoms with van der Waals surface area (Å²) < 4.78 is 10.1. The van der Waals surface area contributed by atoms with Crippen molar-refractivity contribution in [2.45, 2.75) is 26.9 Å². The standard InChI is InChI=1S/C12H17NO3/c1-7-5-8(2)11(6-10(7)13)16-9(3)12(14)15-4/h5-6,9H,13H2,1-4H3. The van der Waals surface area contributed by atoms with E-state index >= 15 is 0 Å². The van der Waals surface area contributed by atoms with Crippen molar-refractivity contribution >= 4 is 11.7 Å². The molecule has 0 aromatic heterocycles. The van der Waals surface area contributed by atoms with Gasteiger partial charge < -0.3 is 15.2 Å². The number of anilines is 1. The highest BCUT2D eigenvalue weighted by atomic mass is 16.6. The van der Waals surface area contributed by atoms with Crippen molar-refractivity contribution in [3.05, 3.63) is 23.3 Å². The molecule has 1 unspecified atom stereocenters. The van der Waals surface area contributed by atoms with Crippen LogP contribution in [0.2, 0.25) is 0 Å². The SMILES string of the molecule is COC(=O)C(C)Oc1cc(N)c(C)cc1C. The smallest absolute Gasteiger partial charge is 0.346 e. The molecule has 0 saturated heterocycles. The molecule has 0 aliphatic heterocycles. The maximum absolute atomic E-state index is 11.2. The Morgan fingerprint density at radius 3 is 2.50 bits per heavy atom. The van der Waals surface area contributed by atoms with Crippen LogP contribution in [-0.2, 0) is 9.53 Å². The molecule has 0 fully saturated rings. The maximum atomic E-state index is 11.2. The Labute approximate surface area is 95.3 Å². The summed E-state index contributed by atoms with van der Waals surface area (Å²) in [6.07, 6.45) is -0.634. The number of ether oxygens (including phenoxy) is 2. The first-order valence-electron chi connectivity index (χ1n) is 5.07. The molecule has 2 N–H and O–H groups in total. The van der Waals surface area contributed by atoms with Crippen molar-refractivity contribution < 1.29 is 14.3 Å². The third-order valence-corrected chi connectivity index (χ3v) is 2.40. The number of carbonyl (C=O) groups excluding carboxylic acids is 1. The zero-order chi connectivity index (χ0) is 12.3. The van der Waals surface area contributed by atoms with E-state index in [4.69, 9.17) is 10.5 Å².